The molecule has 0 aromatic carbocycles. The first-order valence-corrected chi connectivity index (χ1v) is 7.30. The van der Waals surface area contributed by atoms with Crippen LogP contribution in [0.2, 0.25) is 0 Å². The summed E-state index contributed by atoms with van der Waals surface area (Å²) in [6.45, 7) is 12.2. The summed E-state index contributed by atoms with van der Waals surface area (Å²) in [5.74, 6) is 0.598. The molecule has 4 heteroatoms. The predicted octanol–water partition coefficient (Wildman–Crippen LogP) is 2.45. The maximum Gasteiger partial charge on any atom is 0.107 e. The highest BCUT2D eigenvalue weighted by molar-refractivity contribution is 7.11. The van der Waals surface area contributed by atoms with Crippen LogP contribution in [-0.2, 0) is 6.54 Å². The molecule has 2 unspecified atom stereocenters. The zero-order valence-corrected chi connectivity index (χ0v) is 12.0. The lowest BCUT2D eigenvalue weighted by Gasteiger charge is -2.36. The highest BCUT2D eigenvalue weighted by atomic mass is 32.1. The van der Waals surface area contributed by atoms with Crippen molar-refractivity contribution >= 4 is 11.3 Å². The van der Waals surface area contributed by atoms with E-state index in [1.54, 1.807) is 0 Å². The molecule has 2 heterocycles. The Kier molecular flexibility index (Phi) is 4.17. The molecule has 2 atom stereocenters. The van der Waals surface area contributed by atoms with Gasteiger partial charge in [0.25, 0.3) is 0 Å². The number of aromatic nitrogens is 1. The van der Waals surface area contributed by atoms with Gasteiger partial charge in [-0.2, -0.15) is 0 Å². The van der Waals surface area contributed by atoms with Gasteiger partial charge in [0.15, 0.2) is 0 Å². The molecule has 17 heavy (non-hydrogen) atoms. The fourth-order valence-electron chi connectivity index (χ4n) is 2.16. The fourth-order valence-corrected chi connectivity index (χ4v) is 3.10. The Labute approximate surface area is 108 Å². The molecule has 1 aromatic heterocycles. The summed E-state index contributed by atoms with van der Waals surface area (Å²) in [5, 5.41) is 4.77. The van der Waals surface area contributed by atoms with E-state index in [1.165, 1.54) is 9.88 Å². The molecule has 1 N–H and O–H groups in total. The van der Waals surface area contributed by atoms with Gasteiger partial charge in [-0.05, 0) is 19.8 Å². The first-order chi connectivity index (χ1) is 8.06. The normalized spacial score (nSPS) is 26.6. The van der Waals surface area contributed by atoms with Gasteiger partial charge in [-0.15, -0.1) is 11.3 Å². The number of hydrogen-bond donors (Lipinski definition) is 1. The molecule has 0 saturated carbocycles. The third-order valence-electron chi connectivity index (χ3n) is 3.37. The standard InChI is InChI=1S/C13H23N3S/c1-9(2)12-6-15-13(17-12)8-16-7-10(3)14-5-11(16)4/h6,9-11,14H,5,7-8H2,1-4H3. The minimum Gasteiger partial charge on any atom is -0.311 e. The lowest BCUT2D eigenvalue weighted by molar-refractivity contribution is 0.138. The predicted molar refractivity (Wildman–Crippen MR) is 73.5 cm³/mol. The van der Waals surface area contributed by atoms with Crippen molar-refractivity contribution in [1.82, 2.24) is 15.2 Å². The van der Waals surface area contributed by atoms with Crippen molar-refractivity contribution in [2.45, 2.75) is 52.2 Å². The first-order valence-electron chi connectivity index (χ1n) is 6.48. The molecule has 1 aromatic rings. The van der Waals surface area contributed by atoms with Crippen LogP contribution in [0.15, 0.2) is 6.20 Å². The summed E-state index contributed by atoms with van der Waals surface area (Å²) >= 11 is 1.86. The average molecular weight is 253 g/mol. The molecule has 0 radical (unpaired) electrons. The number of rotatable bonds is 3. The lowest BCUT2D eigenvalue weighted by atomic mass is 10.1. The van der Waals surface area contributed by atoms with Gasteiger partial charge in [-0.25, -0.2) is 4.98 Å². The minimum atomic E-state index is 0.593. The van der Waals surface area contributed by atoms with Crippen LogP contribution < -0.4 is 5.32 Å². The van der Waals surface area contributed by atoms with E-state index in [-0.39, 0.29) is 0 Å². The third-order valence-corrected chi connectivity index (χ3v) is 4.65. The molecule has 3 nitrogen and oxygen atoms in total. The quantitative estimate of drug-likeness (QED) is 0.897. The molecule has 0 bridgehead atoms. The second kappa shape index (κ2) is 5.46. The SMILES string of the molecule is CC1CN(Cc2ncc(C(C)C)s2)C(C)CN1. The summed E-state index contributed by atoms with van der Waals surface area (Å²) in [4.78, 5) is 8.48. The molecule has 1 saturated heterocycles. The summed E-state index contributed by atoms with van der Waals surface area (Å²) in [5.41, 5.74) is 0. The van der Waals surface area contributed by atoms with E-state index in [2.05, 4.69) is 42.9 Å². The molecule has 1 aliphatic heterocycles. The highest BCUT2D eigenvalue weighted by Crippen LogP contribution is 2.23. The van der Waals surface area contributed by atoms with Gasteiger partial charge in [-0.1, -0.05) is 13.8 Å². The topological polar surface area (TPSA) is 28.2 Å². The Bertz CT molecular complexity index is 361. The van der Waals surface area contributed by atoms with E-state index in [0.29, 0.717) is 18.0 Å². The van der Waals surface area contributed by atoms with E-state index in [9.17, 15) is 0 Å². The van der Waals surface area contributed by atoms with Crippen LogP contribution in [0, 0.1) is 0 Å². The lowest BCUT2D eigenvalue weighted by Crippen LogP contribution is -2.53. The van der Waals surface area contributed by atoms with Crippen LogP contribution in [-0.4, -0.2) is 35.1 Å². The number of piperazine rings is 1. The Morgan fingerprint density at radius 2 is 2.29 bits per heavy atom. The fraction of sp³-hybridized carbons (Fsp3) is 0.769. The minimum absolute atomic E-state index is 0.593. The van der Waals surface area contributed by atoms with Crippen molar-refractivity contribution in [3.63, 3.8) is 0 Å². The summed E-state index contributed by atoms with van der Waals surface area (Å²) < 4.78 is 0. The summed E-state index contributed by atoms with van der Waals surface area (Å²) in [6, 6.07) is 1.20. The number of thiazole rings is 1. The van der Waals surface area contributed by atoms with Crippen LogP contribution in [0.1, 0.15) is 43.5 Å². The molecule has 0 aliphatic carbocycles. The van der Waals surface area contributed by atoms with Gasteiger partial charge in [0.05, 0.1) is 6.54 Å². The second-order valence-electron chi connectivity index (χ2n) is 5.40. The van der Waals surface area contributed by atoms with Gasteiger partial charge in [0, 0.05) is 36.2 Å². The molecule has 0 amide bonds. The van der Waals surface area contributed by atoms with Crippen molar-refractivity contribution in [3.05, 3.63) is 16.1 Å². The zero-order chi connectivity index (χ0) is 12.4. The maximum atomic E-state index is 4.55. The number of nitrogens with one attached hydrogen (secondary N) is 1. The largest absolute Gasteiger partial charge is 0.311 e. The average Bonchev–Trinajstić information content (AvgIpc) is 2.72. The van der Waals surface area contributed by atoms with Crippen molar-refractivity contribution in [1.29, 1.82) is 0 Å². The highest BCUT2D eigenvalue weighted by Gasteiger charge is 2.23. The molecule has 0 spiro atoms. The van der Waals surface area contributed by atoms with Gasteiger partial charge < -0.3 is 5.32 Å². The van der Waals surface area contributed by atoms with Gasteiger partial charge in [-0.3, -0.25) is 4.90 Å². The molecule has 2 rings (SSSR count). The molecule has 1 fully saturated rings. The van der Waals surface area contributed by atoms with E-state index < -0.39 is 0 Å². The van der Waals surface area contributed by atoms with Gasteiger partial charge in [0.1, 0.15) is 5.01 Å². The van der Waals surface area contributed by atoms with Crippen molar-refractivity contribution in [2.24, 2.45) is 0 Å². The van der Waals surface area contributed by atoms with Crippen molar-refractivity contribution in [3.8, 4) is 0 Å². The molecular weight excluding hydrogens is 230 g/mol. The van der Waals surface area contributed by atoms with Gasteiger partial charge in [0.2, 0.25) is 0 Å². The Hall–Kier alpha value is -0.450. The number of hydrogen-bond acceptors (Lipinski definition) is 4. The van der Waals surface area contributed by atoms with Crippen LogP contribution in [0.4, 0.5) is 0 Å². The Balaban J connectivity index is 1.98. The second-order valence-corrected chi connectivity index (χ2v) is 6.55. The first kappa shape index (κ1) is 13.0. The van der Waals surface area contributed by atoms with Crippen molar-refractivity contribution in [2.75, 3.05) is 13.1 Å². The number of nitrogens with zero attached hydrogens (tertiary/aromatic N) is 2. The van der Waals surface area contributed by atoms with E-state index in [4.69, 9.17) is 0 Å². The van der Waals surface area contributed by atoms with E-state index in [1.807, 2.05) is 17.5 Å². The maximum absolute atomic E-state index is 4.55. The monoisotopic (exact) mass is 253 g/mol. The van der Waals surface area contributed by atoms with E-state index >= 15 is 0 Å². The Morgan fingerprint density at radius 3 is 2.94 bits per heavy atom. The molecule has 96 valence electrons. The summed E-state index contributed by atoms with van der Waals surface area (Å²) in [7, 11) is 0. The van der Waals surface area contributed by atoms with Crippen LogP contribution in [0.3, 0.4) is 0 Å². The molecular formula is C13H23N3S. The third kappa shape index (κ3) is 3.27. The van der Waals surface area contributed by atoms with Crippen LogP contribution in [0.25, 0.3) is 0 Å². The zero-order valence-electron chi connectivity index (χ0n) is 11.2. The van der Waals surface area contributed by atoms with Crippen LogP contribution in [0.5, 0.6) is 0 Å². The van der Waals surface area contributed by atoms with E-state index in [0.717, 1.165) is 19.6 Å². The summed E-state index contributed by atoms with van der Waals surface area (Å²) in [6.07, 6.45) is 2.04. The smallest absolute Gasteiger partial charge is 0.107 e. The molecule has 1 aliphatic rings. The Morgan fingerprint density at radius 1 is 1.53 bits per heavy atom. The van der Waals surface area contributed by atoms with Crippen molar-refractivity contribution < 1.29 is 0 Å². The van der Waals surface area contributed by atoms with Crippen LogP contribution >= 0.6 is 11.3 Å². The van der Waals surface area contributed by atoms with Gasteiger partial charge >= 0.3 is 0 Å².